The minimum Gasteiger partial charge on any atom is -0.486 e. The van der Waals surface area contributed by atoms with Crippen LogP contribution in [0.4, 0.5) is 0 Å². The third-order valence-electron chi connectivity index (χ3n) is 4.46. The summed E-state index contributed by atoms with van der Waals surface area (Å²) in [5.41, 5.74) is 2.25. The predicted molar refractivity (Wildman–Crippen MR) is 89.1 cm³/mol. The number of hydrogen-bond acceptors (Lipinski definition) is 4. The fraction of sp³-hybridized carbons (Fsp3) is 0.389. The molecule has 0 saturated carbocycles. The van der Waals surface area contributed by atoms with Crippen molar-refractivity contribution in [3.05, 3.63) is 46.2 Å². The van der Waals surface area contributed by atoms with Gasteiger partial charge in [-0.2, -0.15) is 11.3 Å². The molecule has 4 nitrogen and oxygen atoms in total. The highest BCUT2D eigenvalue weighted by molar-refractivity contribution is 7.07. The maximum atomic E-state index is 12.7. The van der Waals surface area contributed by atoms with E-state index in [9.17, 15) is 4.79 Å². The van der Waals surface area contributed by atoms with E-state index in [0.717, 1.165) is 36.4 Å². The lowest BCUT2D eigenvalue weighted by Gasteiger charge is -2.25. The quantitative estimate of drug-likeness (QED) is 0.866. The van der Waals surface area contributed by atoms with Gasteiger partial charge in [0, 0.05) is 6.54 Å². The number of hydrogen-bond donors (Lipinski definition) is 0. The standard InChI is InChI=1S/C18H19NO3S/c20-18(19-6-1-2-15(19)14-5-9-23-12-14)11-13-3-4-16-17(10-13)22-8-7-21-16/h3-5,9-10,12,15H,1-2,6-8,11H2/t15-/m0/s1. The maximum Gasteiger partial charge on any atom is 0.227 e. The van der Waals surface area contributed by atoms with Crippen LogP contribution < -0.4 is 9.47 Å². The van der Waals surface area contributed by atoms with Crippen LogP contribution in [0.1, 0.15) is 30.0 Å². The van der Waals surface area contributed by atoms with Gasteiger partial charge in [-0.3, -0.25) is 4.79 Å². The van der Waals surface area contributed by atoms with Gasteiger partial charge in [-0.1, -0.05) is 6.07 Å². The van der Waals surface area contributed by atoms with Crippen molar-refractivity contribution in [3.8, 4) is 11.5 Å². The summed E-state index contributed by atoms with van der Waals surface area (Å²) in [6, 6.07) is 8.16. The number of thiophene rings is 1. The van der Waals surface area contributed by atoms with Crippen LogP contribution in [0.15, 0.2) is 35.0 Å². The van der Waals surface area contributed by atoms with Crippen molar-refractivity contribution in [1.82, 2.24) is 4.90 Å². The summed E-state index contributed by atoms with van der Waals surface area (Å²) >= 11 is 1.69. The Balaban J connectivity index is 1.49. The van der Waals surface area contributed by atoms with Gasteiger partial charge in [0.2, 0.25) is 5.91 Å². The molecule has 0 bridgehead atoms. The number of ether oxygens (including phenoxy) is 2. The average molecular weight is 329 g/mol. The summed E-state index contributed by atoms with van der Waals surface area (Å²) < 4.78 is 11.1. The van der Waals surface area contributed by atoms with Crippen LogP contribution in [0.2, 0.25) is 0 Å². The van der Waals surface area contributed by atoms with Gasteiger partial charge in [-0.25, -0.2) is 0 Å². The number of carbonyl (C=O) groups is 1. The molecule has 0 unspecified atom stereocenters. The van der Waals surface area contributed by atoms with Crippen molar-refractivity contribution in [2.45, 2.75) is 25.3 Å². The smallest absolute Gasteiger partial charge is 0.227 e. The normalized spacial score (nSPS) is 19.8. The summed E-state index contributed by atoms with van der Waals surface area (Å²) in [5.74, 6) is 1.71. The molecule has 5 heteroatoms. The number of likely N-dealkylation sites (tertiary alicyclic amines) is 1. The predicted octanol–water partition coefficient (Wildman–Crippen LogP) is 3.43. The minimum atomic E-state index is 0.190. The molecular weight excluding hydrogens is 310 g/mol. The topological polar surface area (TPSA) is 38.8 Å². The van der Waals surface area contributed by atoms with Gasteiger partial charge in [-0.05, 0) is 52.9 Å². The number of carbonyl (C=O) groups excluding carboxylic acids is 1. The molecule has 0 radical (unpaired) electrons. The average Bonchev–Trinajstić information content (AvgIpc) is 3.25. The molecule has 1 saturated heterocycles. The molecule has 0 spiro atoms. The number of amides is 1. The zero-order valence-electron chi connectivity index (χ0n) is 12.9. The molecule has 0 N–H and O–H groups in total. The summed E-state index contributed by atoms with van der Waals surface area (Å²) in [4.78, 5) is 14.8. The monoisotopic (exact) mass is 329 g/mol. The molecule has 1 atom stereocenters. The van der Waals surface area contributed by atoms with Crippen molar-refractivity contribution in [3.63, 3.8) is 0 Å². The number of fused-ring (bicyclic) bond motifs is 1. The molecular formula is C18H19NO3S. The summed E-state index contributed by atoms with van der Waals surface area (Å²) in [6.07, 6.45) is 2.55. The van der Waals surface area contributed by atoms with E-state index in [2.05, 4.69) is 16.8 Å². The first-order valence-electron chi connectivity index (χ1n) is 8.01. The Bertz CT molecular complexity index is 698. The molecule has 0 aliphatic carbocycles. The van der Waals surface area contributed by atoms with Gasteiger partial charge in [0.15, 0.2) is 11.5 Å². The Morgan fingerprint density at radius 1 is 1.22 bits per heavy atom. The Morgan fingerprint density at radius 3 is 2.91 bits per heavy atom. The molecule has 1 amide bonds. The van der Waals surface area contributed by atoms with Crippen LogP contribution in [0, 0.1) is 0 Å². The Labute approximate surface area is 139 Å². The number of benzene rings is 1. The Morgan fingerprint density at radius 2 is 2.09 bits per heavy atom. The first-order valence-corrected chi connectivity index (χ1v) is 8.95. The first-order chi connectivity index (χ1) is 11.3. The lowest BCUT2D eigenvalue weighted by molar-refractivity contribution is -0.131. The van der Waals surface area contributed by atoms with Crippen LogP contribution >= 0.6 is 11.3 Å². The number of nitrogens with zero attached hydrogens (tertiary/aromatic N) is 1. The second kappa shape index (κ2) is 6.24. The zero-order chi connectivity index (χ0) is 15.6. The van der Waals surface area contributed by atoms with E-state index >= 15 is 0 Å². The fourth-order valence-corrected chi connectivity index (χ4v) is 4.06. The van der Waals surface area contributed by atoms with E-state index in [1.165, 1.54) is 5.56 Å². The fourth-order valence-electron chi connectivity index (χ4n) is 3.35. The van der Waals surface area contributed by atoms with Gasteiger partial charge < -0.3 is 14.4 Å². The lowest BCUT2D eigenvalue weighted by Crippen LogP contribution is -2.31. The molecule has 1 fully saturated rings. The van der Waals surface area contributed by atoms with E-state index in [4.69, 9.17) is 9.47 Å². The molecule has 2 aromatic rings. The Hall–Kier alpha value is -2.01. The molecule has 4 rings (SSSR count). The van der Waals surface area contributed by atoms with Crippen molar-refractivity contribution >= 4 is 17.2 Å². The summed E-state index contributed by atoms with van der Waals surface area (Å²) in [5, 5.41) is 4.23. The van der Waals surface area contributed by atoms with Crippen molar-refractivity contribution in [1.29, 1.82) is 0 Å². The highest BCUT2D eigenvalue weighted by atomic mass is 32.1. The van der Waals surface area contributed by atoms with Crippen LogP contribution in [0.3, 0.4) is 0 Å². The molecule has 1 aromatic carbocycles. The molecule has 1 aromatic heterocycles. The molecule has 2 aliphatic rings. The summed E-state index contributed by atoms with van der Waals surface area (Å²) in [6.45, 7) is 2.00. The third kappa shape index (κ3) is 2.93. The number of rotatable bonds is 3. The maximum absolute atomic E-state index is 12.7. The van der Waals surface area contributed by atoms with Crippen molar-refractivity contribution < 1.29 is 14.3 Å². The summed E-state index contributed by atoms with van der Waals surface area (Å²) in [7, 11) is 0. The second-order valence-electron chi connectivity index (χ2n) is 5.96. The van der Waals surface area contributed by atoms with E-state index in [1.807, 2.05) is 23.1 Å². The van der Waals surface area contributed by atoms with Gasteiger partial charge >= 0.3 is 0 Å². The SMILES string of the molecule is O=C(Cc1ccc2c(c1)OCCO2)N1CCC[C@H]1c1ccsc1. The van der Waals surface area contributed by atoms with Crippen LogP contribution in [0.25, 0.3) is 0 Å². The zero-order valence-corrected chi connectivity index (χ0v) is 13.7. The minimum absolute atomic E-state index is 0.190. The molecule has 120 valence electrons. The third-order valence-corrected chi connectivity index (χ3v) is 5.16. The van der Waals surface area contributed by atoms with Crippen molar-refractivity contribution in [2.75, 3.05) is 19.8 Å². The molecule has 3 heterocycles. The Kier molecular flexibility index (Phi) is 3.95. The highest BCUT2D eigenvalue weighted by Crippen LogP contribution is 2.34. The lowest BCUT2D eigenvalue weighted by atomic mass is 10.1. The van der Waals surface area contributed by atoms with E-state index < -0.39 is 0 Å². The molecule has 23 heavy (non-hydrogen) atoms. The van der Waals surface area contributed by atoms with Crippen LogP contribution in [-0.2, 0) is 11.2 Å². The first kappa shape index (κ1) is 14.6. The van der Waals surface area contributed by atoms with E-state index in [-0.39, 0.29) is 11.9 Å². The molecule has 2 aliphatic heterocycles. The van der Waals surface area contributed by atoms with Gasteiger partial charge in [0.1, 0.15) is 13.2 Å². The largest absolute Gasteiger partial charge is 0.486 e. The van der Waals surface area contributed by atoms with Gasteiger partial charge in [0.25, 0.3) is 0 Å². The van der Waals surface area contributed by atoms with E-state index in [1.54, 1.807) is 11.3 Å². The van der Waals surface area contributed by atoms with Crippen molar-refractivity contribution in [2.24, 2.45) is 0 Å². The van der Waals surface area contributed by atoms with E-state index in [0.29, 0.717) is 19.6 Å². The van der Waals surface area contributed by atoms with Crippen LogP contribution in [0.5, 0.6) is 11.5 Å². The second-order valence-corrected chi connectivity index (χ2v) is 6.74. The highest BCUT2D eigenvalue weighted by Gasteiger charge is 2.30. The van der Waals surface area contributed by atoms with Gasteiger partial charge in [-0.15, -0.1) is 0 Å². The van der Waals surface area contributed by atoms with Gasteiger partial charge in [0.05, 0.1) is 12.5 Å². The van der Waals surface area contributed by atoms with Crippen LogP contribution in [-0.4, -0.2) is 30.6 Å².